The van der Waals surface area contributed by atoms with Crippen molar-refractivity contribution in [2.24, 2.45) is 11.8 Å². The predicted molar refractivity (Wildman–Crippen MR) is 128 cm³/mol. The molecule has 2 aromatic rings. The normalized spacial score (nSPS) is 14.0. The van der Waals surface area contributed by atoms with Crippen LogP contribution in [0.4, 0.5) is 4.79 Å². The fraction of sp³-hybridized carbons (Fsp3) is 0.583. The summed E-state index contributed by atoms with van der Waals surface area (Å²) in [6.45, 7) is 9.43. The Kier molecular flexibility index (Phi) is 8.05. The van der Waals surface area contributed by atoms with Gasteiger partial charge >= 0.3 is 6.03 Å². The van der Waals surface area contributed by atoms with E-state index in [0.29, 0.717) is 36.9 Å². The molecule has 2 amide bonds. The SMILES string of the molecule is COc1cccc(CS(=O)(=O)c2ncc(CN(CC3CC3)C(=O)NC(C)C)n2CC(C)C)c1. The van der Waals surface area contributed by atoms with Gasteiger partial charge in [-0.2, -0.15) is 0 Å². The number of nitrogens with one attached hydrogen (secondary N) is 1. The zero-order valence-corrected chi connectivity index (χ0v) is 21.1. The van der Waals surface area contributed by atoms with Gasteiger partial charge in [0, 0.05) is 19.1 Å². The lowest BCUT2D eigenvalue weighted by atomic mass is 10.2. The fourth-order valence-corrected chi connectivity index (χ4v) is 5.23. The molecule has 8 nitrogen and oxygen atoms in total. The maximum Gasteiger partial charge on any atom is 0.317 e. The molecule has 1 saturated carbocycles. The number of aromatic nitrogens is 2. The molecule has 9 heteroatoms. The van der Waals surface area contributed by atoms with Crippen LogP contribution >= 0.6 is 0 Å². The van der Waals surface area contributed by atoms with Crippen molar-refractivity contribution in [1.29, 1.82) is 0 Å². The molecule has 1 aromatic heterocycles. The quantitative estimate of drug-likeness (QED) is 0.532. The van der Waals surface area contributed by atoms with Crippen LogP contribution in [-0.4, -0.2) is 48.6 Å². The number of nitrogens with zero attached hydrogens (tertiary/aromatic N) is 3. The number of ether oxygens (including phenoxy) is 1. The second kappa shape index (κ2) is 10.6. The summed E-state index contributed by atoms with van der Waals surface area (Å²) in [5, 5.41) is 3.01. The van der Waals surface area contributed by atoms with Gasteiger partial charge in [-0.05, 0) is 56.2 Å². The number of carbonyl (C=O) groups is 1. The highest BCUT2D eigenvalue weighted by Gasteiger charge is 2.30. The maximum atomic E-state index is 13.4. The number of imidazole rings is 1. The average molecular weight is 477 g/mol. The first kappa shape index (κ1) is 25.1. The van der Waals surface area contributed by atoms with E-state index in [1.54, 1.807) is 47.0 Å². The molecule has 1 aliphatic rings. The average Bonchev–Trinajstić information content (AvgIpc) is 3.46. The molecule has 33 heavy (non-hydrogen) atoms. The molecule has 1 aliphatic carbocycles. The van der Waals surface area contributed by atoms with Gasteiger partial charge in [-0.1, -0.05) is 26.0 Å². The van der Waals surface area contributed by atoms with Crippen LogP contribution < -0.4 is 10.1 Å². The minimum absolute atomic E-state index is 0.0265. The minimum Gasteiger partial charge on any atom is -0.497 e. The van der Waals surface area contributed by atoms with E-state index < -0.39 is 9.84 Å². The van der Waals surface area contributed by atoms with Crippen LogP contribution in [0.5, 0.6) is 5.75 Å². The molecule has 0 atom stereocenters. The summed E-state index contributed by atoms with van der Waals surface area (Å²) in [4.78, 5) is 18.9. The third-order valence-electron chi connectivity index (χ3n) is 5.45. The van der Waals surface area contributed by atoms with Crippen molar-refractivity contribution in [2.45, 2.75) is 70.6 Å². The number of urea groups is 1. The van der Waals surface area contributed by atoms with Crippen LogP contribution in [-0.2, 0) is 28.7 Å². The number of sulfone groups is 1. The van der Waals surface area contributed by atoms with Crippen LogP contribution in [0.15, 0.2) is 35.6 Å². The second-order valence-electron chi connectivity index (χ2n) is 9.58. The van der Waals surface area contributed by atoms with E-state index in [0.717, 1.165) is 18.5 Å². The molecule has 1 fully saturated rings. The van der Waals surface area contributed by atoms with E-state index in [1.807, 2.05) is 27.7 Å². The third kappa shape index (κ3) is 6.96. The minimum atomic E-state index is -3.70. The Balaban J connectivity index is 1.90. The van der Waals surface area contributed by atoms with E-state index in [1.165, 1.54) is 0 Å². The maximum absolute atomic E-state index is 13.4. The highest BCUT2D eigenvalue weighted by Crippen LogP contribution is 2.30. The monoisotopic (exact) mass is 476 g/mol. The number of amides is 2. The molecule has 3 rings (SSSR count). The standard InChI is InChI=1S/C24H36N4O4S/c1-17(2)13-28-21(15-27(14-19-9-10-19)23(29)26-18(3)4)12-25-24(28)33(30,31)16-20-7-6-8-22(11-20)32-5/h6-8,11-12,17-19H,9-10,13-16H2,1-5H3,(H,26,29). The molecular formula is C24H36N4O4S. The van der Waals surface area contributed by atoms with Crippen LogP contribution in [0.1, 0.15) is 51.8 Å². The van der Waals surface area contributed by atoms with Gasteiger partial charge in [-0.15, -0.1) is 0 Å². The first-order valence-corrected chi connectivity index (χ1v) is 13.2. The topological polar surface area (TPSA) is 93.5 Å². The molecule has 0 radical (unpaired) electrons. The second-order valence-corrected chi connectivity index (χ2v) is 11.5. The highest BCUT2D eigenvalue weighted by atomic mass is 32.2. The molecule has 0 bridgehead atoms. The van der Waals surface area contributed by atoms with E-state index in [9.17, 15) is 13.2 Å². The number of methoxy groups -OCH3 is 1. The van der Waals surface area contributed by atoms with E-state index in [4.69, 9.17) is 4.74 Å². The summed E-state index contributed by atoms with van der Waals surface area (Å²) in [5.41, 5.74) is 1.37. The summed E-state index contributed by atoms with van der Waals surface area (Å²) in [6, 6.07) is 6.95. The van der Waals surface area contributed by atoms with Gasteiger partial charge in [0.2, 0.25) is 15.0 Å². The highest BCUT2D eigenvalue weighted by molar-refractivity contribution is 7.90. The van der Waals surface area contributed by atoms with E-state index >= 15 is 0 Å². The van der Waals surface area contributed by atoms with Crippen LogP contribution in [0.25, 0.3) is 0 Å². The molecule has 0 saturated heterocycles. The predicted octanol–water partition coefficient (Wildman–Crippen LogP) is 3.85. The molecular weight excluding hydrogens is 440 g/mol. The fourth-order valence-electron chi connectivity index (χ4n) is 3.74. The third-order valence-corrected chi connectivity index (χ3v) is 7.04. The van der Waals surface area contributed by atoms with Gasteiger partial charge in [-0.3, -0.25) is 0 Å². The van der Waals surface area contributed by atoms with Crippen molar-refractivity contribution in [2.75, 3.05) is 13.7 Å². The summed E-state index contributed by atoms with van der Waals surface area (Å²) in [7, 11) is -2.15. The van der Waals surface area contributed by atoms with Crippen molar-refractivity contribution in [1.82, 2.24) is 19.8 Å². The molecule has 182 valence electrons. The van der Waals surface area contributed by atoms with Gasteiger partial charge < -0.3 is 19.5 Å². The van der Waals surface area contributed by atoms with Gasteiger partial charge in [0.1, 0.15) is 5.75 Å². The summed E-state index contributed by atoms with van der Waals surface area (Å²) < 4.78 is 33.7. The number of hydrogen-bond acceptors (Lipinski definition) is 5. The van der Waals surface area contributed by atoms with Crippen molar-refractivity contribution in [3.8, 4) is 5.75 Å². The van der Waals surface area contributed by atoms with Crippen LogP contribution in [0, 0.1) is 11.8 Å². The van der Waals surface area contributed by atoms with Crippen LogP contribution in [0.2, 0.25) is 0 Å². The zero-order valence-electron chi connectivity index (χ0n) is 20.2. The Morgan fingerprint density at radius 3 is 2.61 bits per heavy atom. The Hall–Kier alpha value is -2.55. The smallest absolute Gasteiger partial charge is 0.317 e. The first-order chi connectivity index (χ1) is 15.6. The van der Waals surface area contributed by atoms with E-state index in [2.05, 4.69) is 10.3 Å². The van der Waals surface area contributed by atoms with E-state index in [-0.39, 0.29) is 28.9 Å². The number of benzene rings is 1. The van der Waals surface area contributed by atoms with Crippen molar-refractivity contribution >= 4 is 15.9 Å². The number of carbonyl (C=O) groups excluding carboxylic acids is 1. The Morgan fingerprint density at radius 1 is 1.27 bits per heavy atom. The molecule has 1 heterocycles. The largest absolute Gasteiger partial charge is 0.497 e. The zero-order chi connectivity index (χ0) is 24.2. The van der Waals surface area contributed by atoms with Crippen molar-refractivity contribution < 1.29 is 17.9 Å². The number of hydrogen-bond donors (Lipinski definition) is 1. The summed E-state index contributed by atoms with van der Waals surface area (Å²) in [5.74, 6) is 1.17. The van der Waals surface area contributed by atoms with Gasteiger partial charge in [0.15, 0.2) is 0 Å². The Labute approximate surface area is 197 Å². The first-order valence-electron chi connectivity index (χ1n) is 11.5. The van der Waals surface area contributed by atoms with Gasteiger partial charge in [0.25, 0.3) is 0 Å². The van der Waals surface area contributed by atoms with Crippen LogP contribution in [0.3, 0.4) is 0 Å². The summed E-state index contributed by atoms with van der Waals surface area (Å²) in [6.07, 6.45) is 3.84. The van der Waals surface area contributed by atoms with Crippen molar-refractivity contribution in [3.63, 3.8) is 0 Å². The molecule has 0 aliphatic heterocycles. The lowest BCUT2D eigenvalue weighted by Gasteiger charge is -2.25. The lowest BCUT2D eigenvalue weighted by molar-refractivity contribution is 0.188. The Morgan fingerprint density at radius 2 is 2.00 bits per heavy atom. The molecule has 1 N–H and O–H groups in total. The van der Waals surface area contributed by atoms with Gasteiger partial charge in [0.05, 0.1) is 31.3 Å². The van der Waals surface area contributed by atoms with Crippen molar-refractivity contribution in [3.05, 3.63) is 41.7 Å². The Bertz CT molecular complexity index is 1060. The number of rotatable bonds is 11. The lowest BCUT2D eigenvalue weighted by Crippen LogP contribution is -2.43. The molecule has 1 aromatic carbocycles. The molecule has 0 unspecified atom stereocenters. The molecule has 0 spiro atoms. The summed E-state index contributed by atoms with van der Waals surface area (Å²) >= 11 is 0. The van der Waals surface area contributed by atoms with Gasteiger partial charge in [-0.25, -0.2) is 18.2 Å².